The number of H-pyrrole nitrogens is 1. The van der Waals surface area contributed by atoms with E-state index in [2.05, 4.69) is 30.8 Å². The zero-order chi connectivity index (χ0) is 20.8. The fraction of sp³-hybridized carbons (Fsp3) is 0.167. The molecule has 2 aromatic heterocycles. The number of benzene rings is 1. The molecule has 11 heteroatoms. The molecule has 3 aromatic rings. The third-order valence-electron chi connectivity index (χ3n) is 4.01. The van der Waals surface area contributed by atoms with Crippen LogP contribution in [0.15, 0.2) is 42.7 Å². The second kappa shape index (κ2) is 8.69. The van der Waals surface area contributed by atoms with Crippen molar-refractivity contribution in [3.63, 3.8) is 0 Å². The van der Waals surface area contributed by atoms with E-state index in [1.54, 1.807) is 24.5 Å². The molecular weight excluding hydrogens is 380 g/mol. The molecule has 29 heavy (non-hydrogen) atoms. The maximum Gasteiger partial charge on any atom is 0.404 e. The Hall–Kier alpha value is -4.15. The second-order valence-electron chi connectivity index (χ2n) is 6.03. The summed E-state index contributed by atoms with van der Waals surface area (Å²) in [5.74, 6) is -0.487. The van der Waals surface area contributed by atoms with Gasteiger partial charge in [-0.05, 0) is 30.7 Å². The Morgan fingerprint density at radius 3 is 2.59 bits per heavy atom. The lowest BCUT2D eigenvalue weighted by Crippen LogP contribution is -2.33. The first-order valence-electron chi connectivity index (χ1n) is 8.56. The second-order valence-corrected chi connectivity index (χ2v) is 6.03. The van der Waals surface area contributed by atoms with Crippen LogP contribution in [0.25, 0.3) is 11.4 Å². The Bertz CT molecular complexity index is 1010. The largest absolute Gasteiger partial charge is 0.508 e. The molecule has 3 rings (SSSR count). The first kappa shape index (κ1) is 19.6. The molecular formula is C18H18N6O5. The van der Waals surface area contributed by atoms with Gasteiger partial charge in [-0.1, -0.05) is 0 Å². The van der Waals surface area contributed by atoms with Gasteiger partial charge in [-0.2, -0.15) is 5.10 Å². The van der Waals surface area contributed by atoms with Crippen molar-refractivity contribution in [2.45, 2.75) is 12.5 Å². The van der Waals surface area contributed by atoms with Crippen molar-refractivity contribution in [3.05, 3.63) is 54.1 Å². The number of phenols is 2. The molecule has 0 saturated carbocycles. The van der Waals surface area contributed by atoms with Gasteiger partial charge in [0.05, 0.1) is 11.6 Å². The van der Waals surface area contributed by atoms with Crippen LogP contribution < -0.4 is 10.6 Å². The number of phenolic OH excluding ortho intramolecular Hbond substituents is 2. The van der Waals surface area contributed by atoms with Crippen molar-refractivity contribution in [3.8, 4) is 22.9 Å². The molecule has 0 bridgehead atoms. The highest BCUT2D eigenvalue weighted by molar-refractivity contribution is 5.97. The van der Waals surface area contributed by atoms with E-state index < -0.39 is 18.0 Å². The fourth-order valence-corrected chi connectivity index (χ4v) is 2.61. The summed E-state index contributed by atoms with van der Waals surface area (Å²) in [6.45, 7) is 0.0487. The number of aromatic hydroxyl groups is 2. The fourth-order valence-electron chi connectivity index (χ4n) is 2.61. The normalized spacial score (nSPS) is 11.6. The molecule has 0 aliphatic heterocycles. The molecule has 0 aliphatic rings. The van der Waals surface area contributed by atoms with Crippen LogP contribution in [-0.2, 0) is 0 Å². The molecule has 11 nitrogen and oxygen atoms in total. The number of nitrogens with one attached hydrogen (secondary N) is 3. The molecule has 150 valence electrons. The van der Waals surface area contributed by atoms with Gasteiger partial charge in [0.15, 0.2) is 5.82 Å². The first-order valence-corrected chi connectivity index (χ1v) is 8.56. The van der Waals surface area contributed by atoms with Crippen molar-refractivity contribution < 1.29 is 24.9 Å². The molecule has 2 amide bonds. The van der Waals surface area contributed by atoms with Crippen LogP contribution in [0.2, 0.25) is 0 Å². The Labute approximate surface area is 164 Å². The molecule has 1 unspecified atom stereocenters. The van der Waals surface area contributed by atoms with E-state index in [1.165, 1.54) is 12.1 Å². The van der Waals surface area contributed by atoms with Crippen molar-refractivity contribution in [2.75, 3.05) is 6.54 Å². The molecule has 6 N–H and O–H groups in total. The average molecular weight is 398 g/mol. The number of amides is 2. The minimum Gasteiger partial charge on any atom is -0.508 e. The zero-order valence-corrected chi connectivity index (χ0v) is 15.0. The van der Waals surface area contributed by atoms with Crippen LogP contribution in [0.3, 0.4) is 0 Å². The maximum absolute atomic E-state index is 12.6. The Kier molecular flexibility index (Phi) is 5.88. The van der Waals surface area contributed by atoms with E-state index in [9.17, 15) is 19.8 Å². The van der Waals surface area contributed by atoms with Gasteiger partial charge < -0.3 is 26.0 Å². The lowest BCUT2D eigenvalue weighted by Gasteiger charge is -2.17. The summed E-state index contributed by atoms with van der Waals surface area (Å²) in [6.07, 6.45) is 2.17. The Balaban J connectivity index is 1.81. The van der Waals surface area contributed by atoms with E-state index in [1.807, 2.05) is 0 Å². The van der Waals surface area contributed by atoms with Gasteiger partial charge in [0.1, 0.15) is 17.3 Å². The smallest absolute Gasteiger partial charge is 0.404 e. The van der Waals surface area contributed by atoms with Crippen LogP contribution in [0.4, 0.5) is 4.79 Å². The lowest BCUT2D eigenvalue weighted by molar-refractivity contribution is 0.0930. The number of carbonyl (C=O) groups excluding carboxylic acids is 1. The van der Waals surface area contributed by atoms with Crippen LogP contribution >= 0.6 is 0 Å². The molecule has 0 fully saturated rings. The Morgan fingerprint density at radius 1 is 1.14 bits per heavy atom. The summed E-state index contributed by atoms with van der Waals surface area (Å²) in [4.78, 5) is 31.6. The van der Waals surface area contributed by atoms with E-state index in [0.717, 1.165) is 6.07 Å². The van der Waals surface area contributed by atoms with Gasteiger partial charge in [0.2, 0.25) is 0 Å². The van der Waals surface area contributed by atoms with Crippen LogP contribution in [0.1, 0.15) is 28.6 Å². The summed E-state index contributed by atoms with van der Waals surface area (Å²) in [5.41, 5.74) is 0.667. The van der Waals surface area contributed by atoms with Crippen LogP contribution in [0.5, 0.6) is 11.5 Å². The summed E-state index contributed by atoms with van der Waals surface area (Å²) in [7, 11) is 0. The van der Waals surface area contributed by atoms with Gasteiger partial charge in [-0.25, -0.2) is 9.78 Å². The molecule has 0 saturated heterocycles. The van der Waals surface area contributed by atoms with E-state index >= 15 is 0 Å². The third-order valence-corrected chi connectivity index (χ3v) is 4.01. The summed E-state index contributed by atoms with van der Waals surface area (Å²) in [5, 5.41) is 39.8. The van der Waals surface area contributed by atoms with Crippen molar-refractivity contribution >= 4 is 12.0 Å². The Morgan fingerprint density at radius 2 is 1.90 bits per heavy atom. The number of carboxylic acid groups (broad SMARTS) is 1. The van der Waals surface area contributed by atoms with Crippen molar-refractivity contribution in [1.29, 1.82) is 0 Å². The lowest BCUT2D eigenvalue weighted by atomic mass is 10.1. The highest BCUT2D eigenvalue weighted by atomic mass is 16.4. The topological polar surface area (TPSA) is 173 Å². The van der Waals surface area contributed by atoms with Gasteiger partial charge in [0, 0.05) is 30.6 Å². The van der Waals surface area contributed by atoms with Crippen LogP contribution in [0, 0.1) is 0 Å². The van der Waals surface area contributed by atoms with E-state index in [4.69, 9.17) is 5.11 Å². The highest BCUT2D eigenvalue weighted by Crippen LogP contribution is 2.24. The van der Waals surface area contributed by atoms with Crippen molar-refractivity contribution in [1.82, 2.24) is 30.8 Å². The SMILES string of the molecule is O=C(O)NCCC(NC(=O)c1ccc(O)cc1O)c1nc(-c2ccncc2)n[nH]1. The molecule has 0 radical (unpaired) electrons. The van der Waals surface area contributed by atoms with Gasteiger partial charge in [0.25, 0.3) is 5.91 Å². The van der Waals surface area contributed by atoms with Gasteiger partial charge >= 0.3 is 6.09 Å². The summed E-state index contributed by atoms with van der Waals surface area (Å²) < 4.78 is 0. The summed E-state index contributed by atoms with van der Waals surface area (Å²) in [6, 6.07) is 6.32. The van der Waals surface area contributed by atoms with Gasteiger partial charge in [-0.15, -0.1) is 0 Å². The highest BCUT2D eigenvalue weighted by Gasteiger charge is 2.22. The van der Waals surface area contributed by atoms with E-state index in [-0.39, 0.29) is 30.0 Å². The molecule has 2 heterocycles. The number of carbonyl (C=O) groups is 2. The number of rotatable bonds is 7. The standard InChI is InChI=1S/C18H18N6O5/c25-11-1-2-12(14(26)9-11)17(27)21-13(5-8-20-18(28)29)16-22-15(23-24-16)10-3-6-19-7-4-10/h1-4,6-7,9,13,20,25-26H,5,8H2,(H,21,27)(H,28,29)(H,22,23,24). The number of aromatic amines is 1. The number of hydrogen-bond donors (Lipinski definition) is 6. The molecule has 1 atom stereocenters. The number of aromatic nitrogens is 4. The maximum atomic E-state index is 12.6. The molecule has 1 aromatic carbocycles. The predicted molar refractivity (Wildman–Crippen MR) is 100 cm³/mol. The van der Waals surface area contributed by atoms with Crippen molar-refractivity contribution in [2.24, 2.45) is 0 Å². The number of hydrogen-bond acceptors (Lipinski definition) is 7. The minimum atomic E-state index is -1.19. The zero-order valence-electron chi connectivity index (χ0n) is 15.0. The third kappa shape index (κ3) is 4.97. The van der Waals surface area contributed by atoms with Gasteiger partial charge in [-0.3, -0.25) is 14.9 Å². The van der Waals surface area contributed by atoms with Crippen LogP contribution in [-0.4, -0.2) is 54.0 Å². The average Bonchev–Trinajstić information content (AvgIpc) is 3.17. The monoisotopic (exact) mass is 398 g/mol. The number of pyridine rings is 1. The minimum absolute atomic E-state index is 0.0483. The molecule has 0 spiro atoms. The van der Waals surface area contributed by atoms with E-state index in [0.29, 0.717) is 17.2 Å². The molecule has 0 aliphatic carbocycles. The quantitative estimate of drug-likeness (QED) is 0.346. The number of nitrogens with zero attached hydrogens (tertiary/aromatic N) is 3. The predicted octanol–water partition coefficient (Wildman–Crippen LogP) is 1.41. The summed E-state index contributed by atoms with van der Waals surface area (Å²) >= 11 is 0. The first-order chi connectivity index (χ1) is 13.9.